The summed E-state index contributed by atoms with van der Waals surface area (Å²) in [5, 5.41) is 9.17. The Morgan fingerprint density at radius 2 is 1.86 bits per heavy atom. The standard InChI is InChI=1S/C22H27N5S/c1-7-16(8-2)18-10-14(4)25-27-20(15(5)24-22(18)27)21-13(3)9-19(28-21)17-11-23-26(6)12-17/h9-12,16H,7-8H2,1-6H3. The van der Waals surface area contributed by atoms with Crippen LogP contribution >= 0.6 is 11.3 Å². The molecule has 0 radical (unpaired) electrons. The van der Waals surface area contributed by atoms with E-state index < -0.39 is 0 Å². The number of aromatic nitrogens is 5. The van der Waals surface area contributed by atoms with Crippen LogP contribution in [0.1, 0.15) is 55.1 Å². The van der Waals surface area contributed by atoms with Crippen LogP contribution in [0.4, 0.5) is 0 Å². The monoisotopic (exact) mass is 393 g/mol. The number of hydrogen-bond donors (Lipinski definition) is 0. The van der Waals surface area contributed by atoms with Gasteiger partial charge in [-0.3, -0.25) is 4.68 Å². The minimum Gasteiger partial charge on any atom is -0.275 e. The van der Waals surface area contributed by atoms with Crippen molar-refractivity contribution < 1.29 is 0 Å². The first-order chi connectivity index (χ1) is 13.4. The van der Waals surface area contributed by atoms with Crippen molar-refractivity contribution in [1.29, 1.82) is 0 Å². The maximum atomic E-state index is 4.97. The fraction of sp³-hybridized carbons (Fsp3) is 0.409. The van der Waals surface area contributed by atoms with E-state index >= 15 is 0 Å². The average Bonchev–Trinajstić information content (AvgIpc) is 3.33. The number of fused-ring (bicyclic) bond motifs is 1. The summed E-state index contributed by atoms with van der Waals surface area (Å²) in [5.41, 5.74) is 7.90. The van der Waals surface area contributed by atoms with Crippen LogP contribution < -0.4 is 0 Å². The number of thiophene rings is 1. The Kier molecular flexibility index (Phi) is 4.83. The SMILES string of the molecule is CCC(CC)c1cc(C)nn2c(-c3sc(-c4cnn(C)c4)cc3C)c(C)nc12. The lowest BCUT2D eigenvalue weighted by Crippen LogP contribution is -2.05. The van der Waals surface area contributed by atoms with Gasteiger partial charge >= 0.3 is 0 Å². The van der Waals surface area contributed by atoms with Crippen LogP contribution in [-0.4, -0.2) is 24.4 Å². The number of rotatable bonds is 5. The predicted molar refractivity (Wildman–Crippen MR) is 116 cm³/mol. The fourth-order valence-corrected chi connectivity index (χ4v) is 5.21. The van der Waals surface area contributed by atoms with Gasteiger partial charge in [0, 0.05) is 29.2 Å². The lowest BCUT2D eigenvalue weighted by molar-refractivity contribution is 0.638. The second-order valence-corrected chi connectivity index (χ2v) is 8.61. The third kappa shape index (κ3) is 3.05. The highest BCUT2D eigenvalue weighted by atomic mass is 32.1. The fourth-order valence-electron chi connectivity index (χ4n) is 3.98. The molecule has 28 heavy (non-hydrogen) atoms. The van der Waals surface area contributed by atoms with E-state index in [1.54, 1.807) is 11.3 Å². The highest BCUT2D eigenvalue weighted by Crippen LogP contribution is 2.40. The Labute approximate surface area is 170 Å². The Balaban J connectivity index is 1.93. The second-order valence-electron chi connectivity index (χ2n) is 7.56. The molecule has 146 valence electrons. The van der Waals surface area contributed by atoms with Crippen molar-refractivity contribution in [3.8, 4) is 21.0 Å². The normalized spacial score (nSPS) is 11.8. The summed E-state index contributed by atoms with van der Waals surface area (Å²) < 4.78 is 3.92. The third-order valence-corrected chi connectivity index (χ3v) is 6.75. The molecule has 0 saturated carbocycles. The molecule has 5 nitrogen and oxygen atoms in total. The molecule has 0 atom stereocenters. The summed E-state index contributed by atoms with van der Waals surface area (Å²) in [6.45, 7) is 10.8. The number of aryl methyl sites for hydroxylation is 4. The molecule has 0 spiro atoms. The van der Waals surface area contributed by atoms with Crippen molar-refractivity contribution in [2.75, 3.05) is 0 Å². The molecule has 0 unspecified atom stereocenters. The number of nitrogens with zero attached hydrogens (tertiary/aromatic N) is 5. The molecule has 0 aliphatic carbocycles. The molecule has 0 bridgehead atoms. The summed E-state index contributed by atoms with van der Waals surface area (Å²) in [5.74, 6) is 0.509. The van der Waals surface area contributed by atoms with E-state index in [-0.39, 0.29) is 0 Å². The summed E-state index contributed by atoms with van der Waals surface area (Å²) in [4.78, 5) is 7.42. The molecule has 4 rings (SSSR count). The van der Waals surface area contributed by atoms with Crippen molar-refractivity contribution in [3.05, 3.63) is 47.0 Å². The van der Waals surface area contributed by atoms with Crippen LogP contribution in [0, 0.1) is 20.8 Å². The van der Waals surface area contributed by atoms with Gasteiger partial charge in [-0.1, -0.05) is 13.8 Å². The number of imidazole rings is 1. The summed E-state index contributed by atoms with van der Waals surface area (Å²) in [7, 11) is 1.95. The summed E-state index contributed by atoms with van der Waals surface area (Å²) in [6, 6.07) is 4.46. The lowest BCUT2D eigenvalue weighted by Gasteiger charge is -2.14. The van der Waals surface area contributed by atoms with Crippen LogP contribution in [0.3, 0.4) is 0 Å². The Morgan fingerprint density at radius 1 is 1.11 bits per heavy atom. The zero-order valence-electron chi connectivity index (χ0n) is 17.4. The molecule has 0 fully saturated rings. The van der Waals surface area contributed by atoms with Gasteiger partial charge in [0.05, 0.1) is 22.5 Å². The molecular formula is C22H27N5S. The van der Waals surface area contributed by atoms with Gasteiger partial charge < -0.3 is 0 Å². The molecule has 0 aromatic carbocycles. The molecule has 0 aliphatic rings. The topological polar surface area (TPSA) is 48.0 Å². The van der Waals surface area contributed by atoms with E-state index in [1.165, 1.54) is 20.9 Å². The molecular weight excluding hydrogens is 366 g/mol. The minimum atomic E-state index is 0.509. The van der Waals surface area contributed by atoms with Crippen LogP contribution in [0.5, 0.6) is 0 Å². The van der Waals surface area contributed by atoms with Gasteiger partial charge in [-0.15, -0.1) is 11.3 Å². The van der Waals surface area contributed by atoms with Crippen molar-refractivity contribution in [1.82, 2.24) is 24.4 Å². The van der Waals surface area contributed by atoms with Gasteiger partial charge in [0.1, 0.15) is 5.69 Å². The molecule has 0 N–H and O–H groups in total. The Hall–Kier alpha value is -2.47. The van der Waals surface area contributed by atoms with E-state index in [2.05, 4.69) is 62.6 Å². The minimum absolute atomic E-state index is 0.509. The van der Waals surface area contributed by atoms with Crippen LogP contribution in [0.2, 0.25) is 0 Å². The maximum Gasteiger partial charge on any atom is 0.158 e. The maximum absolute atomic E-state index is 4.97. The molecule has 4 heterocycles. The van der Waals surface area contributed by atoms with Gasteiger partial charge in [0.25, 0.3) is 0 Å². The van der Waals surface area contributed by atoms with Crippen molar-refractivity contribution in [3.63, 3.8) is 0 Å². The van der Waals surface area contributed by atoms with Crippen LogP contribution in [-0.2, 0) is 7.05 Å². The Morgan fingerprint density at radius 3 is 2.50 bits per heavy atom. The van der Waals surface area contributed by atoms with Gasteiger partial charge in [0.2, 0.25) is 0 Å². The molecule has 0 saturated heterocycles. The zero-order valence-corrected chi connectivity index (χ0v) is 18.3. The number of hydrogen-bond acceptors (Lipinski definition) is 4. The van der Waals surface area contributed by atoms with E-state index in [9.17, 15) is 0 Å². The van der Waals surface area contributed by atoms with E-state index in [0.29, 0.717) is 5.92 Å². The molecule has 0 amide bonds. The van der Waals surface area contributed by atoms with Crippen LogP contribution in [0.25, 0.3) is 26.7 Å². The van der Waals surface area contributed by atoms with E-state index in [0.717, 1.165) is 41.1 Å². The van der Waals surface area contributed by atoms with E-state index in [1.807, 2.05) is 17.9 Å². The van der Waals surface area contributed by atoms with Gasteiger partial charge in [-0.05, 0) is 57.2 Å². The van der Waals surface area contributed by atoms with Crippen molar-refractivity contribution >= 4 is 17.0 Å². The average molecular weight is 394 g/mol. The first kappa shape index (κ1) is 18.9. The summed E-state index contributed by atoms with van der Waals surface area (Å²) >= 11 is 1.79. The van der Waals surface area contributed by atoms with Gasteiger partial charge in [-0.25, -0.2) is 9.50 Å². The predicted octanol–water partition coefficient (Wildman–Crippen LogP) is 5.69. The molecule has 4 aromatic rings. The van der Waals surface area contributed by atoms with Gasteiger partial charge in [0.15, 0.2) is 5.65 Å². The highest BCUT2D eigenvalue weighted by molar-refractivity contribution is 7.19. The highest BCUT2D eigenvalue weighted by Gasteiger charge is 2.22. The second kappa shape index (κ2) is 7.17. The third-order valence-electron chi connectivity index (χ3n) is 5.46. The molecule has 6 heteroatoms. The zero-order chi connectivity index (χ0) is 20.0. The van der Waals surface area contributed by atoms with Gasteiger partial charge in [-0.2, -0.15) is 10.2 Å². The first-order valence-corrected chi connectivity index (χ1v) is 10.7. The smallest absolute Gasteiger partial charge is 0.158 e. The Bertz CT molecular complexity index is 1140. The largest absolute Gasteiger partial charge is 0.275 e. The van der Waals surface area contributed by atoms with E-state index in [4.69, 9.17) is 10.1 Å². The first-order valence-electron chi connectivity index (χ1n) is 9.89. The molecule has 0 aliphatic heterocycles. The quantitative estimate of drug-likeness (QED) is 0.438. The summed E-state index contributed by atoms with van der Waals surface area (Å²) in [6.07, 6.45) is 6.20. The van der Waals surface area contributed by atoms with Crippen molar-refractivity contribution in [2.45, 2.75) is 53.4 Å². The van der Waals surface area contributed by atoms with Crippen LogP contribution in [0.15, 0.2) is 24.5 Å². The lowest BCUT2D eigenvalue weighted by atomic mass is 9.95. The van der Waals surface area contributed by atoms with Crippen molar-refractivity contribution in [2.24, 2.45) is 7.05 Å². The molecule has 4 aromatic heterocycles.